The molecule has 4 rings (SSSR count). The normalized spacial score (nSPS) is 18.2. The monoisotopic (exact) mass is 399 g/mol. The first-order valence-corrected chi connectivity index (χ1v) is 9.63. The van der Waals surface area contributed by atoms with Gasteiger partial charge in [-0.15, -0.1) is 0 Å². The minimum Gasteiger partial charge on any atom is -0.318 e. The van der Waals surface area contributed by atoms with Gasteiger partial charge in [-0.1, -0.05) is 84.9 Å². The van der Waals surface area contributed by atoms with Crippen molar-refractivity contribution in [2.24, 2.45) is 0 Å². The zero-order valence-corrected chi connectivity index (χ0v) is 16.5. The fourth-order valence-electron chi connectivity index (χ4n) is 3.50. The van der Waals surface area contributed by atoms with Gasteiger partial charge in [0.25, 0.3) is 5.91 Å². The highest BCUT2D eigenvalue weighted by Crippen LogP contribution is 2.27. The summed E-state index contributed by atoms with van der Waals surface area (Å²) in [6, 6.07) is 25.8. The predicted molar refractivity (Wildman–Crippen MR) is 113 cm³/mol. The molecule has 30 heavy (non-hydrogen) atoms. The van der Waals surface area contributed by atoms with Crippen molar-refractivity contribution in [3.8, 4) is 11.1 Å². The van der Waals surface area contributed by atoms with Crippen LogP contribution < -0.4 is 10.7 Å². The summed E-state index contributed by atoms with van der Waals surface area (Å²) >= 11 is 0. The van der Waals surface area contributed by atoms with E-state index < -0.39 is 23.4 Å². The van der Waals surface area contributed by atoms with Crippen molar-refractivity contribution >= 4 is 17.8 Å². The molecule has 6 nitrogen and oxygen atoms in total. The Morgan fingerprint density at radius 1 is 0.867 bits per heavy atom. The van der Waals surface area contributed by atoms with Gasteiger partial charge < -0.3 is 5.32 Å². The van der Waals surface area contributed by atoms with Crippen molar-refractivity contribution in [3.63, 3.8) is 0 Å². The third-order valence-corrected chi connectivity index (χ3v) is 5.20. The van der Waals surface area contributed by atoms with Gasteiger partial charge in [0, 0.05) is 0 Å². The summed E-state index contributed by atoms with van der Waals surface area (Å²) in [5.74, 6) is -0.963. The Hall–Kier alpha value is -3.93. The first kappa shape index (κ1) is 19.4. The number of urea groups is 1. The lowest BCUT2D eigenvalue weighted by molar-refractivity contribution is -0.138. The van der Waals surface area contributed by atoms with E-state index in [9.17, 15) is 14.4 Å². The molecule has 1 saturated heterocycles. The van der Waals surface area contributed by atoms with Gasteiger partial charge in [-0.25, -0.2) is 4.79 Å². The van der Waals surface area contributed by atoms with Crippen LogP contribution in [0, 0.1) is 0 Å². The van der Waals surface area contributed by atoms with Crippen LogP contribution in [0.15, 0.2) is 84.9 Å². The third-order valence-electron chi connectivity index (χ3n) is 5.20. The van der Waals surface area contributed by atoms with Crippen molar-refractivity contribution in [1.29, 1.82) is 0 Å². The Balaban J connectivity index is 1.43. The van der Waals surface area contributed by atoms with E-state index in [2.05, 4.69) is 10.7 Å². The van der Waals surface area contributed by atoms with Crippen LogP contribution in [0.1, 0.15) is 18.1 Å². The molecule has 0 radical (unpaired) electrons. The first-order chi connectivity index (χ1) is 14.5. The van der Waals surface area contributed by atoms with E-state index in [0.29, 0.717) is 5.56 Å². The highest BCUT2D eigenvalue weighted by molar-refractivity contribution is 6.08. The molecule has 1 fully saturated rings. The fraction of sp³-hybridized carbons (Fsp3) is 0.125. The summed E-state index contributed by atoms with van der Waals surface area (Å²) in [6.07, 6.45) is 0.0498. The van der Waals surface area contributed by atoms with Crippen LogP contribution in [-0.2, 0) is 21.5 Å². The lowest BCUT2D eigenvalue weighted by atomic mass is 9.92. The average molecular weight is 399 g/mol. The SMILES string of the molecule is C[C@]1(c2ccccc2)NC(=O)N(NC(=O)Cc2ccc(-c3ccccc3)cc2)C1=O. The fourth-order valence-corrected chi connectivity index (χ4v) is 3.50. The molecular formula is C24H21N3O3. The summed E-state index contributed by atoms with van der Waals surface area (Å²) < 4.78 is 0. The predicted octanol–water partition coefficient (Wildman–Crippen LogP) is 3.39. The van der Waals surface area contributed by atoms with Crippen molar-refractivity contribution in [3.05, 3.63) is 96.1 Å². The smallest absolute Gasteiger partial charge is 0.318 e. The molecule has 3 aromatic rings. The Morgan fingerprint density at radius 2 is 1.43 bits per heavy atom. The maximum atomic E-state index is 12.9. The van der Waals surface area contributed by atoms with Crippen LogP contribution in [0.2, 0.25) is 0 Å². The molecule has 0 unspecified atom stereocenters. The van der Waals surface area contributed by atoms with E-state index in [-0.39, 0.29) is 6.42 Å². The highest BCUT2D eigenvalue weighted by atomic mass is 16.2. The van der Waals surface area contributed by atoms with Crippen LogP contribution >= 0.6 is 0 Å². The number of nitrogens with zero attached hydrogens (tertiary/aromatic N) is 1. The summed E-state index contributed by atoms with van der Waals surface area (Å²) in [7, 11) is 0. The molecule has 0 aliphatic carbocycles. The molecule has 4 amide bonds. The van der Waals surface area contributed by atoms with Crippen LogP contribution in [0.3, 0.4) is 0 Å². The van der Waals surface area contributed by atoms with Crippen molar-refractivity contribution in [2.75, 3.05) is 0 Å². The Morgan fingerprint density at radius 3 is 2.07 bits per heavy atom. The molecule has 6 heteroatoms. The minimum absolute atomic E-state index is 0.0498. The van der Waals surface area contributed by atoms with E-state index in [1.54, 1.807) is 31.2 Å². The van der Waals surface area contributed by atoms with E-state index in [4.69, 9.17) is 0 Å². The molecule has 0 aromatic heterocycles. The summed E-state index contributed by atoms with van der Waals surface area (Å²) in [5, 5.41) is 3.42. The number of hydrogen-bond acceptors (Lipinski definition) is 3. The van der Waals surface area contributed by atoms with Crippen LogP contribution in [0.4, 0.5) is 4.79 Å². The molecule has 1 aliphatic heterocycles. The maximum Gasteiger partial charge on any atom is 0.344 e. The number of benzene rings is 3. The van der Waals surface area contributed by atoms with Crippen molar-refractivity contribution < 1.29 is 14.4 Å². The van der Waals surface area contributed by atoms with Crippen LogP contribution in [0.25, 0.3) is 11.1 Å². The Kier molecular flexibility index (Phi) is 5.06. The molecule has 3 aromatic carbocycles. The minimum atomic E-state index is -1.22. The highest BCUT2D eigenvalue weighted by Gasteiger charge is 2.49. The number of imide groups is 1. The Bertz CT molecular complexity index is 1080. The van der Waals surface area contributed by atoms with E-state index in [1.807, 2.05) is 60.7 Å². The van der Waals surface area contributed by atoms with E-state index >= 15 is 0 Å². The van der Waals surface area contributed by atoms with Crippen molar-refractivity contribution in [1.82, 2.24) is 15.8 Å². The second kappa shape index (κ2) is 7.83. The van der Waals surface area contributed by atoms with Gasteiger partial charge in [0.2, 0.25) is 5.91 Å². The van der Waals surface area contributed by atoms with E-state index in [0.717, 1.165) is 21.7 Å². The molecule has 1 aliphatic rings. The Labute approximate surface area is 174 Å². The number of carbonyl (C=O) groups is 3. The van der Waals surface area contributed by atoms with Crippen LogP contribution in [-0.4, -0.2) is 22.9 Å². The third kappa shape index (κ3) is 3.67. The van der Waals surface area contributed by atoms with Gasteiger partial charge in [0.1, 0.15) is 5.54 Å². The standard InChI is InChI=1S/C24H21N3O3/c1-24(20-10-6-3-7-11-20)22(29)27(23(30)25-24)26-21(28)16-17-12-14-19(15-13-17)18-8-4-2-5-9-18/h2-15H,16H2,1H3,(H,25,30)(H,26,28)/t24-/m1/s1. The number of hydrogen-bond donors (Lipinski definition) is 2. The van der Waals surface area contributed by atoms with E-state index in [1.165, 1.54) is 0 Å². The van der Waals surface area contributed by atoms with Gasteiger partial charge in [-0.05, 0) is 29.2 Å². The lowest BCUT2D eigenvalue weighted by Gasteiger charge is -2.22. The average Bonchev–Trinajstić information content (AvgIpc) is 2.99. The summed E-state index contributed by atoms with van der Waals surface area (Å²) in [6.45, 7) is 1.62. The molecule has 1 heterocycles. The maximum absolute atomic E-state index is 12.9. The first-order valence-electron chi connectivity index (χ1n) is 9.63. The summed E-state index contributed by atoms with van der Waals surface area (Å²) in [5.41, 5.74) is 4.78. The van der Waals surface area contributed by atoms with Gasteiger partial charge in [-0.3, -0.25) is 15.0 Å². The van der Waals surface area contributed by atoms with Gasteiger partial charge in [0.05, 0.1) is 6.42 Å². The molecule has 0 saturated carbocycles. The second-order valence-corrected chi connectivity index (χ2v) is 7.34. The molecule has 0 bridgehead atoms. The summed E-state index contributed by atoms with van der Waals surface area (Å²) in [4.78, 5) is 37.7. The van der Waals surface area contributed by atoms with Gasteiger partial charge in [-0.2, -0.15) is 5.01 Å². The molecule has 1 atom stereocenters. The lowest BCUT2D eigenvalue weighted by Crippen LogP contribution is -2.48. The van der Waals surface area contributed by atoms with Gasteiger partial charge in [0.15, 0.2) is 0 Å². The number of hydrazine groups is 1. The molecule has 0 spiro atoms. The second-order valence-electron chi connectivity index (χ2n) is 7.34. The molecule has 150 valence electrons. The van der Waals surface area contributed by atoms with Crippen LogP contribution in [0.5, 0.6) is 0 Å². The van der Waals surface area contributed by atoms with Crippen molar-refractivity contribution in [2.45, 2.75) is 18.9 Å². The zero-order chi connectivity index (χ0) is 21.1. The molecular weight excluding hydrogens is 378 g/mol. The number of carbonyl (C=O) groups excluding carboxylic acids is 3. The number of nitrogens with one attached hydrogen (secondary N) is 2. The largest absolute Gasteiger partial charge is 0.344 e. The van der Waals surface area contributed by atoms with Gasteiger partial charge >= 0.3 is 6.03 Å². The quantitative estimate of drug-likeness (QED) is 0.646. The topological polar surface area (TPSA) is 78.5 Å². The zero-order valence-electron chi connectivity index (χ0n) is 16.5. The number of rotatable bonds is 5. The number of amides is 4. The molecule has 2 N–H and O–H groups in total.